The fraction of sp³-hybridized carbons (Fsp3) is 0.263. The Kier molecular flexibility index (Phi) is 4.81. The van der Waals surface area contributed by atoms with Gasteiger partial charge in [-0.1, -0.05) is 31.0 Å². The number of benzene rings is 1. The van der Waals surface area contributed by atoms with Gasteiger partial charge in [0, 0.05) is 10.4 Å². The minimum Gasteiger partial charge on any atom is -0.459 e. The van der Waals surface area contributed by atoms with Gasteiger partial charge in [0.2, 0.25) is 0 Å². The highest BCUT2D eigenvalue weighted by molar-refractivity contribution is 7.16. The Morgan fingerprint density at radius 3 is 2.83 bits per heavy atom. The van der Waals surface area contributed by atoms with Gasteiger partial charge in [-0.05, 0) is 44.0 Å². The number of nitrogens with one attached hydrogen (secondary N) is 1. The number of nitrogens with zero attached hydrogens (tertiary/aromatic N) is 1. The number of thiazole rings is 1. The topological polar surface area (TPSA) is 55.1 Å². The third-order valence-corrected chi connectivity index (χ3v) is 4.82. The van der Waals surface area contributed by atoms with Crippen LogP contribution in [0.25, 0.3) is 11.3 Å². The molecule has 0 spiro atoms. The van der Waals surface area contributed by atoms with E-state index in [0.717, 1.165) is 24.1 Å². The van der Waals surface area contributed by atoms with Crippen molar-refractivity contribution in [1.29, 1.82) is 0 Å². The smallest absolute Gasteiger partial charge is 0.293 e. The summed E-state index contributed by atoms with van der Waals surface area (Å²) in [4.78, 5) is 18.1. The molecule has 1 aromatic carbocycles. The first-order valence-electron chi connectivity index (χ1n) is 8.00. The maximum absolute atomic E-state index is 12.2. The highest BCUT2D eigenvalue weighted by Crippen LogP contribution is 2.34. The van der Waals surface area contributed by atoms with Gasteiger partial charge in [0.05, 0.1) is 12.0 Å². The first-order chi connectivity index (χ1) is 11.6. The first-order valence-corrected chi connectivity index (χ1v) is 8.82. The number of aryl methyl sites for hydroxylation is 3. The lowest BCUT2D eigenvalue weighted by atomic mass is 10.0. The molecule has 1 N–H and O–H groups in total. The lowest BCUT2D eigenvalue weighted by Crippen LogP contribution is -2.10. The molecule has 0 atom stereocenters. The van der Waals surface area contributed by atoms with E-state index < -0.39 is 0 Å². The summed E-state index contributed by atoms with van der Waals surface area (Å²) in [6.45, 7) is 6.31. The lowest BCUT2D eigenvalue weighted by molar-refractivity contribution is 0.0996. The van der Waals surface area contributed by atoms with Crippen molar-refractivity contribution in [3.63, 3.8) is 0 Å². The van der Waals surface area contributed by atoms with Gasteiger partial charge < -0.3 is 4.42 Å². The molecule has 0 radical (unpaired) electrons. The lowest BCUT2D eigenvalue weighted by Gasteiger charge is -2.06. The summed E-state index contributed by atoms with van der Waals surface area (Å²) >= 11 is 1.53. The second-order valence-corrected chi connectivity index (χ2v) is 6.87. The number of hydrogen-bond acceptors (Lipinski definition) is 4. The molecule has 0 unspecified atom stereocenters. The molecule has 5 heteroatoms. The number of hydrogen-bond donors (Lipinski definition) is 1. The molecular formula is C19H20N2O2S. The number of rotatable bonds is 5. The first kappa shape index (κ1) is 16.5. The molecule has 124 valence electrons. The molecule has 4 nitrogen and oxygen atoms in total. The van der Waals surface area contributed by atoms with Crippen LogP contribution in [0.4, 0.5) is 5.13 Å². The molecule has 0 bridgehead atoms. The minimum absolute atomic E-state index is 0.274. The Morgan fingerprint density at radius 2 is 2.12 bits per heavy atom. The molecule has 0 fully saturated rings. The summed E-state index contributed by atoms with van der Waals surface area (Å²) in [5.41, 5.74) is 4.49. The fourth-order valence-electron chi connectivity index (χ4n) is 2.57. The highest BCUT2D eigenvalue weighted by atomic mass is 32.1. The molecule has 0 aliphatic rings. The molecule has 24 heavy (non-hydrogen) atoms. The van der Waals surface area contributed by atoms with Crippen LogP contribution in [0, 0.1) is 13.8 Å². The second kappa shape index (κ2) is 7.01. The molecule has 1 amide bonds. The van der Waals surface area contributed by atoms with Gasteiger partial charge in [-0.2, -0.15) is 0 Å². The zero-order valence-corrected chi connectivity index (χ0v) is 14.9. The minimum atomic E-state index is -0.274. The zero-order valence-electron chi connectivity index (χ0n) is 14.1. The molecular weight excluding hydrogens is 320 g/mol. The molecule has 0 aliphatic carbocycles. The van der Waals surface area contributed by atoms with Crippen LogP contribution in [-0.2, 0) is 6.42 Å². The maximum atomic E-state index is 12.2. The second-order valence-electron chi connectivity index (χ2n) is 5.79. The van der Waals surface area contributed by atoms with Crippen molar-refractivity contribution >= 4 is 22.4 Å². The largest absolute Gasteiger partial charge is 0.459 e. The molecule has 3 aromatic rings. The Hall–Kier alpha value is -2.40. The number of aromatic nitrogens is 1. The van der Waals surface area contributed by atoms with Gasteiger partial charge in [-0.25, -0.2) is 4.98 Å². The Balaban J connectivity index is 1.96. The van der Waals surface area contributed by atoms with Crippen LogP contribution in [0.3, 0.4) is 0 Å². The molecule has 0 saturated heterocycles. The van der Waals surface area contributed by atoms with Crippen LogP contribution >= 0.6 is 11.3 Å². The van der Waals surface area contributed by atoms with Gasteiger partial charge in [0.1, 0.15) is 0 Å². The molecule has 0 saturated carbocycles. The Bertz CT molecular complexity index is 850. The molecule has 2 heterocycles. The standard InChI is InChI=1S/C19H20N2O2S/c1-4-6-16-17(14-11-12(2)8-9-13(14)3)20-19(24-16)21-18(22)15-7-5-10-23-15/h5,7-11H,4,6H2,1-3H3,(H,20,21,22). The van der Waals surface area contributed by atoms with E-state index in [9.17, 15) is 4.79 Å². The van der Waals surface area contributed by atoms with Gasteiger partial charge >= 0.3 is 0 Å². The van der Waals surface area contributed by atoms with Crippen molar-refractivity contribution in [3.8, 4) is 11.3 Å². The van der Waals surface area contributed by atoms with Crippen LogP contribution in [0.2, 0.25) is 0 Å². The molecule has 3 rings (SSSR count). The van der Waals surface area contributed by atoms with Crippen LogP contribution in [0.15, 0.2) is 41.0 Å². The van der Waals surface area contributed by atoms with Crippen molar-refractivity contribution in [2.45, 2.75) is 33.6 Å². The third kappa shape index (κ3) is 3.41. The number of carbonyl (C=O) groups is 1. The predicted molar refractivity (Wildman–Crippen MR) is 97.7 cm³/mol. The van der Waals surface area contributed by atoms with Gasteiger partial charge in [0.25, 0.3) is 5.91 Å². The van der Waals surface area contributed by atoms with Crippen LogP contribution < -0.4 is 5.32 Å². The van der Waals surface area contributed by atoms with Gasteiger partial charge in [-0.15, -0.1) is 11.3 Å². The number of amides is 1. The normalized spacial score (nSPS) is 10.8. The fourth-order valence-corrected chi connectivity index (χ4v) is 3.64. The van der Waals surface area contributed by atoms with Crippen LogP contribution in [0.1, 0.15) is 39.9 Å². The van der Waals surface area contributed by atoms with Crippen LogP contribution in [0.5, 0.6) is 0 Å². The van der Waals surface area contributed by atoms with Crippen molar-refractivity contribution in [1.82, 2.24) is 4.98 Å². The van der Waals surface area contributed by atoms with Crippen molar-refractivity contribution in [2.24, 2.45) is 0 Å². The van der Waals surface area contributed by atoms with E-state index in [-0.39, 0.29) is 11.7 Å². The number of anilines is 1. The van der Waals surface area contributed by atoms with E-state index in [1.807, 2.05) is 0 Å². The monoisotopic (exact) mass is 340 g/mol. The van der Waals surface area contributed by atoms with Crippen LogP contribution in [-0.4, -0.2) is 10.9 Å². The highest BCUT2D eigenvalue weighted by Gasteiger charge is 2.17. The average Bonchev–Trinajstić information content (AvgIpc) is 3.20. The van der Waals surface area contributed by atoms with E-state index in [2.05, 4.69) is 44.3 Å². The Morgan fingerprint density at radius 1 is 1.29 bits per heavy atom. The third-order valence-electron chi connectivity index (χ3n) is 3.79. The Labute approximate surface area is 145 Å². The molecule has 0 aliphatic heterocycles. The van der Waals surface area contributed by atoms with Crippen molar-refractivity contribution < 1.29 is 9.21 Å². The van der Waals surface area contributed by atoms with Gasteiger partial charge in [-0.3, -0.25) is 10.1 Å². The van der Waals surface area contributed by atoms with E-state index >= 15 is 0 Å². The summed E-state index contributed by atoms with van der Waals surface area (Å²) in [7, 11) is 0. The van der Waals surface area contributed by atoms with E-state index in [1.165, 1.54) is 33.6 Å². The number of furan rings is 1. The number of carbonyl (C=O) groups excluding carboxylic acids is 1. The SMILES string of the molecule is CCCc1sc(NC(=O)c2ccco2)nc1-c1cc(C)ccc1C. The van der Waals surface area contributed by atoms with E-state index in [1.54, 1.807) is 12.1 Å². The summed E-state index contributed by atoms with van der Waals surface area (Å²) in [5.74, 6) is 0.0137. The van der Waals surface area contributed by atoms with E-state index in [4.69, 9.17) is 9.40 Å². The quantitative estimate of drug-likeness (QED) is 0.692. The summed E-state index contributed by atoms with van der Waals surface area (Å²) in [6, 6.07) is 9.70. The van der Waals surface area contributed by atoms with Crippen molar-refractivity contribution in [3.05, 3.63) is 58.4 Å². The maximum Gasteiger partial charge on any atom is 0.293 e. The summed E-state index contributed by atoms with van der Waals surface area (Å²) in [6.07, 6.45) is 3.46. The summed E-state index contributed by atoms with van der Waals surface area (Å²) in [5, 5.41) is 3.45. The summed E-state index contributed by atoms with van der Waals surface area (Å²) < 4.78 is 5.14. The zero-order chi connectivity index (χ0) is 17.1. The van der Waals surface area contributed by atoms with Gasteiger partial charge in [0.15, 0.2) is 10.9 Å². The molecule has 2 aromatic heterocycles. The average molecular weight is 340 g/mol. The van der Waals surface area contributed by atoms with E-state index in [0.29, 0.717) is 5.13 Å². The van der Waals surface area contributed by atoms with Crippen molar-refractivity contribution in [2.75, 3.05) is 5.32 Å². The predicted octanol–water partition coefficient (Wildman–Crippen LogP) is 5.22.